The molecular formula is C14H12BrF2N. The lowest BCUT2D eigenvalue weighted by Gasteiger charge is -2.10. The van der Waals surface area contributed by atoms with Crippen molar-refractivity contribution in [3.05, 3.63) is 63.6 Å². The fourth-order valence-corrected chi connectivity index (χ4v) is 2.10. The minimum absolute atomic E-state index is 0.259. The molecular weight excluding hydrogens is 300 g/mol. The van der Waals surface area contributed by atoms with E-state index in [1.165, 1.54) is 18.2 Å². The Morgan fingerprint density at radius 3 is 2.61 bits per heavy atom. The largest absolute Gasteiger partial charge is 0.381 e. The maximum Gasteiger partial charge on any atom is 0.128 e. The minimum Gasteiger partial charge on any atom is -0.381 e. The molecule has 0 aliphatic rings. The Morgan fingerprint density at radius 2 is 1.89 bits per heavy atom. The van der Waals surface area contributed by atoms with Gasteiger partial charge in [-0.3, -0.25) is 0 Å². The van der Waals surface area contributed by atoms with Gasteiger partial charge in [-0.25, -0.2) is 8.78 Å². The van der Waals surface area contributed by atoms with E-state index in [1.54, 1.807) is 18.2 Å². The molecule has 0 heterocycles. The molecule has 0 bridgehead atoms. The number of nitrogens with one attached hydrogen (secondary N) is 1. The lowest BCUT2D eigenvalue weighted by Crippen LogP contribution is -2.03. The molecule has 0 unspecified atom stereocenters. The van der Waals surface area contributed by atoms with Crippen LogP contribution in [-0.2, 0) is 6.54 Å². The van der Waals surface area contributed by atoms with E-state index in [0.717, 1.165) is 15.7 Å². The topological polar surface area (TPSA) is 12.0 Å². The molecule has 0 aromatic heterocycles. The van der Waals surface area contributed by atoms with Crippen LogP contribution in [0.25, 0.3) is 0 Å². The predicted octanol–water partition coefficient (Wildman–Crippen LogP) is 4.65. The number of benzene rings is 2. The van der Waals surface area contributed by atoms with E-state index in [0.29, 0.717) is 12.1 Å². The molecule has 94 valence electrons. The van der Waals surface area contributed by atoms with Gasteiger partial charge >= 0.3 is 0 Å². The quantitative estimate of drug-likeness (QED) is 0.870. The summed E-state index contributed by atoms with van der Waals surface area (Å²) in [6.45, 7) is 2.17. The Balaban J connectivity index is 2.13. The van der Waals surface area contributed by atoms with Crippen LogP contribution in [-0.4, -0.2) is 0 Å². The summed E-state index contributed by atoms with van der Waals surface area (Å²) in [5, 5.41) is 3.10. The Hall–Kier alpha value is -1.42. The van der Waals surface area contributed by atoms with Gasteiger partial charge in [0.2, 0.25) is 0 Å². The van der Waals surface area contributed by atoms with Crippen LogP contribution in [0.2, 0.25) is 0 Å². The summed E-state index contributed by atoms with van der Waals surface area (Å²) in [6.07, 6.45) is 0. The first-order chi connectivity index (χ1) is 8.56. The molecule has 0 aliphatic heterocycles. The third-order valence-corrected chi connectivity index (χ3v) is 3.16. The zero-order valence-corrected chi connectivity index (χ0v) is 11.4. The van der Waals surface area contributed by atoms with Gasteiger partial charge in [0.05, 0.1) is 0 Å². The highest BCUT2D eigenvalue weighted by molar-refractivity contribution is 9.10. The molecule has 1 N–H and O–H groups in total. The number of hydrogen-bond acceptors (Lipinski definition) is 1. The maximum absolute atomic E-state index is 13.5. The van der Waals surface area contributed by atoms with Crippen molar-refractivity contribution in [2.24, 2.45) is 0 Å². The molecule has 0 spiro atoms. The lowest BCUT2D eigenvalue weighted by molar-refractivity contribution is 0.612. The Bertz CT molecular complexity index is 570. The van der Waals surface area contributed by atoms with Gasteiger partial charge in [0.1, 0.15) is 11.6 Å². The first-order valence-corrected chi connectivity index (χ1v) is 6.29. The molecule has 0 amide bonds. The van der Waals surface area contributed by atoms with E-state index < -0.39 is 0 Å². The van der Waals surface area contributed by atoms with Gasteiger partial charge < -0.3 is 5.32 Å². The van der Waals surface area contributed by atoms with Crippen molar-refractivity contribution in [1.29, 1.82) is 0 Å². The maximum atomic E-state index is 13.5. The van der Waals surface area contributed by atoms with Crippen LogP contribution < -0.4 is 5.32 Å². The second-order valence-corrected chi connectivity index (χ2v) is 4.96. The molecule has 0 aliphatic carbocycles. The summed E-state index contributed by atoms with van der Waals surface area (Å²) in [5.41, 5.74) is 2.16. The zero-order chi connectivity index (χ0) is 13.1. The standard InChI is InChI=1S/C14H12BrF2N/c1-9-6-12(16)3-5-14(9)18-8-10-7-11(15)2-4-13(10)17/h2-7,18H,8H2,1H3. The number of anilines is 1. The second kappa shape index (κ2) is 5.48. The number of aryl methyl sites for hydroxylation is 1. The molecule has 0 saturated heterocycles. The fourth-order valence-electron chi connectivity index (χ4n) is 1.69. The van der Waals surface area contributed by atoms with E-state index in [4.69, 9.17) is 0 Å². The van der Waals surface area contributed by atoms with Crippen molar-refractivity contribution in [2.45, 2.75) is 13.5 Å². The summed E-state index contributed by atoms with van der Waals surface area (Å²) in [5.74, 6) is -0.530. The van der Waals surface area contributed by atoms with Crippen LogP contribution in [0.1, 0.15) is 11.1 Å². The van der Waals surface area contributed by atoms with Crippen molar-refractivity contribution in [3.8, 4) is 0 Å². The second-order valence-electron chi connectivity index (χ2n) is 4.05. The molecule has 0 atom stereocenters. The zero-order valence-electron chi connectivity index (χ0n) is 9.81. The predicted molar refractivity (Wildman–Crippen MR) is 72.6 cm³/mol. The minimum atomic E-state index is -0.272. The van der Waals surface area contributed by atoms with Crippen molar-refractivity contribution >= 4 is 21.6 Å². The lowest BCUT2D eigenvalue weighted by atomic mass is 10.1. The van der Waals surface area contributed by atoms with Crippen molar-refractivity contribution in [2.75, 3.05) is 5.32 Å². The van der Waals surface area contributed by atoms with Gasteiger partial charge in [-0.15, -0.1) is 0 Å². The fraction of sp³-hybridized carbons (Fsp3) is 0.143. The van der Waals surface area contributed by atoms with E-state index in [1.807, 2.05) is 6.92 Å². The Kier molecular flexibility index (Phi) is 3.97. The van der Waals surface area contributed by atoms with Gasteiger partial charge in [0.25, 0.3) is 0 Å². The van der Waals surface area contributed by atoms with E-state index in [9.17, 15) is 8.78 Å². The smallest absolute Gasteiger partial charge is 0.128 e. The van der Waals surface area contributed by atoms with Crippen LogP contribution in [0.3, 0.4) is 0 Å². The average molecular weight is 312 g/mol. The third kappa shape index (κ3) is 3.07. The first-order valence-electron chi connectivity index (χ1n) is 5.50. The number of rotatable bonds is 3. The van der Waals surface area contributed by atoms with E-state index >= 15 is 0 Å². The van der Waals surface area contributed by atoms with Crippen LogP contribution >= 0.6 is 15.9 Å². The molecule has 0 saturated carbocycles. The third-order valence-electron chi connectivity index (χ3n) is 2.67. The molecule has 2 aromatic rings. The monoisotopic (exact) mass is 311 g/mol. The highest BCUT2D eigenvalue weighted by Gasteiger charge is 2.04. The van der Waals surface area contributed by atoms with Gasteiger partial charge in [-0.2, -0.15) is 0 Å². The molecule has 4 heteroatoms. The van der Waals surface area contributed by atoms with Gasteiger partial charge in [0.15, 0.2) is 0 Å². The summed E-state index contributed by atoms with van der Waals surface area (Å²) in [7, 11) is 0. The van der Waals surface area contributed by atoms with E-state index in [-0.39, 0.29) is 11.6 Å². The van der Waals surface area contributed by atoms with Crippen molar-refractivity contribution < 1.29 is 8.78 Å². The highest BCUT2D eigenvalue weighted by Crippen LogP contribution is 2.19. The van der Waals surface area contributed by atoms with Gasteiger partial charge in [0, 0.05) is 22.3 Å². The number of hydrogen-bond donors (Lipinski definition) is 1. The summed E-state index contributed by atoms with van der Waals surface area (Å²) in [6, 6.07) is 9.27. The molecule has 2 rings (SSSR count). The Labute approximate surface area is 113 Å². The Morgan fingerprint density at radius 1 is 1.11 bits per heavy atom. The van der Waals surface area contributed by atoms with Crippen LogP contribution in [0.5, 0.6) is 0 Å². The summed E-state index contributed by atoms with van der Waals surface area (Å²) >= 11 is 3.30. The van der Waals surface area contributed by atoms with Crippen LogP contribution in [0, 0.1) is 18.6 Å². The summed E-state index contributed by atoms with van der Waals surface area (Å²) in [4.78, 5) is 0. The van der Waals surface area contributed by atoms with Gasteiger partial charge in [-0.05, 0) is 48.9 Å². The normalized spacial score (nSPS) is 10.4. The van der Waals surface area contributed by atoms with Crippen molar-refractivity contribution in [1.82, 2.24) is 0 Å². The van der Waals surface area contributed by atoms with E-state index in [2.05, 4.69) is 21.2 Å². The molecule has 18 heavy (non-hydrogen) atoms. The van der Waals surface area contributed by atoms with Crippen LogP contribution in [0.15, 0.2) is 40.9 Å². The molecule has 2 aromatic carbocycles. The van der Waals surface area contributed by atoms with Gasteiger partial charge in [-0.1, -0.05) is 15.9 Å². The SMILES string of the molecule is Cc1cc(F)ccc1NCc1cc(Br)ccc1F. The molecule has 0 fully saturated rings. The summed E-state index contributed by atoms with van der Waals surface area (Å²) < 4.78 is 27.3. The highest BCUT2D eigenvalue weighted by atomic mass is 79.9. The molecule has 1 nitrogen and oxygen atoms in total. The van der Waals surface area contributed by atoms with Crippen molar-refractivity contribution in [3.63, 3.8) is 0 Å². The van der Waals surface area contributed by atoms with Crippen LogP contribution in [0.4, 0.5) is 14.5 Å². The average Bonchev–Trinajstić information content (AvgIpc) is 2.32. The number of halogens is 3. The molecule has 0 radical (unpaired) electrons. The first kappa shape index (κ1) is 13.0.